The number of aliphatic hydroxyl groups is 1. The lowest BCUT2D eigenvalue weighted by Gasteiger charge is -2.01. The molecule has 0 aliphatic carbocycles. The normalized spacial score (nSPS) is 10.8. The van der Waals surface area contributed by atoms with Crippen molar-refractivity contribution < 1.29 is 9.67 Å². The van der Waals surface area contributed by atoms with Gasteiger partial charge in [-0.2, -0.15) is 0 Å². The summed E-state index contributed by atoms with van der Waals surface area (Å²) in [6.45, 7) is 5.20. The van der Waals surface area contributed by atoms with E-state index >= 15 is 0 Å². The molecule has 3 heteroatoms. The van der Waals surface area contributed by atoms with E-state index < -0.39 is 0 Å². The lowest BCUT2D eigenvalue weighted by atomic mass is 10.1. The minimum Gasteiger partial charge on any atom is -0.396 e. The highest BCUT2D eigenvalue weighted by Crippen LogP contribution is 2.09. The molecule has 0 unspecified atom stereocenters. The van der Waals surface area contributed by atoms with Crippen molar-refractivity contribution in [3.63, 3.8) is 0 Å². The molecule has 1 N–H and O–H groups in total. The summed E-state index contributed by atoms with van der Waals surface area (Å²) in [7, 11) is 0. The zero-order chi connectivity index (χ0) is 13.8. The summed E-state index contributed by atoms with van der Waals surface area (Å²) in [5.41, 5.74) is 0. The summed E-state index contributed by atoms with van der Waals surface area (Å²) < 4.78 is 4.20. The van der Waals surface area contributed by atoms with Crippen LogP contribution in [-0.2, 0) is 6.54 Å². The van der Waals surface area contributed by atoms with E-state index in [1.54, 1.807) is 0 Å². The fraction of sp³-hybridized carbons (Fsp3) is 0.688. The second kappa shape index (κ2) is 10.8. The van der Waals surface area contributed by atoms with Crippen LogP contribution in [0.25, 0.3) is 6.20 Å². The number of aryl methyl sites for hydroxylation is 1. The maximum absolute atomic E-state index is 8.67. The number of hydrogen-bond donors (Lipinski definition) is 1. The Morgan fingerprint density at radius 3 is 2.05 bits per heavy atom. The third-order valence-corrected chi connectivity index (χ3v) is 3.50. The Bertz CT molecular complexity index is 333. The Morgan fingerprint density at radius 1 is 0.947 bits per heavy atom. The molecule has 19 heavy (non-hydrogen) atoms. The molecule has 0 aliphatic heterocycles. The monoisotopic (exact) mass is 265 g/mol. The summed E-state index contributed by atoms with van der Waals surface area (Å²) >= 11 is 0. The lowest BCUT2D eigenvalue weighted by Crippen LogP contribution is -2.30. The van der Waals surface area contributed by atoms with Crippen LogP contribution in [-0.4, -0.2) is 16.3 Å². The Balaban J connectivity index is 1.87. The molecule has 3 nitrogen and oxygen atoms in total. The van der Waals surface area contributed by atoms with Crippen molar-refractivity contribution in [2.45, 2.75) is 64.3 Å². The summed E-state index contributed by atoms with van der Waals surface area (Å²) in [6, 6.07) is 0. The molecule has 1 aromatic heterocycles. The highest BCUT2D eigenvalue weighted by Gasteiger charge is 2.00. The van der Waals surface area contributed by atoms with Gasteiger partial charge in [0.1, 0.15) is 12.4 Å². The Morgan fingerprint density at radius 2 is 1.53 bits per heavy atom. The molecule has 0 amide bonds. The van der Waals surface area contributed by atoms with Gasteiger partial charge in [0.05, 0.1) is 12.7 Å². The maximum Gasteiger partial charge on any atom is 0.248 e. The van der Waals surface area contributed by atoms with Crippen LogP contribution in [0.1, 0.15) is 57.8 Å². The van der Waals surface area contributed by atoms with Gasteiger partial charge >= 0.3 is 0 Å². The number of nitrogens with zero attached hydrogens (tertiary/aromatic N) is 2. The predicted octanol–water partition coefficient (Wildman–Crippen LogP) is 3.38. The first-order valence-electron chi connectivity index (χ1n) is 7.67. The summed E-state index contributed by atoms with van der Waals surface area (Å²) in [6.07, 6.45) is 19.4. The van der Waals surface area contributed by atoms with Gasteiger partial charge in [-0.15, -0.1) is 0 Å². The molecule has 0 aromatic carbocycles. The van der Waals surface area contributed by atoms with Crippen LogP contribution in [0.3, 0.4) is 0 Å². The standard InChI is InChI=1S/C16H29N2O/c1-2-17-13-14-18(16-17)12-10-8-6-4-3-5-7-9-11-15-19/h2,13-14,16,19H,1,3-12,15H2/q+1. The highest BCUT2D eigenvalue weighted by atomic mass is 16.2. The highest BCUT2D eigenvalue weighted by molar-refractivity contribution is 5.12. The average Bonchev–Trinajstić information content (AvgIpc) is 2.89. The maximum atomic E-state index is 8.67. The molecular formula is C16H29N2O+. The van der Waals surface area contributed by atoms with Crippen LogP contribution in [0.5, 0.6) is 0 Å². The topological polar surface area (TPSA) is 29.0 Å². The summed E-state index contributed by atoms with van der Waals surface area (Å²) in [4.78, 5) is 0. The first-order chi connectivity index (χ1) is 9.36. The van der Waals surface area contributed by atoms with Crippen LogP contribution in [0.15, 0.2) is 25.3 Å². The number of imidazole rings is 1. The average molecular weight is 265 g/mol. The van der Waals surface area contributed by atoms with E-state index in [2.05, 4.69) is 23.7 Å². The van der Waals surface area contributed by atoms with E-state index in [4.69, 9.17) is 5.11 Å². The first kappa shape index (κ1) is 16.0. The minimum absolute atomic E-state index is 0.352. The van der Waals surface area contributed by atoms with Gasteiger partial charge in [0.25, 0.3) is 0 Å². The van der Waals surface area contributed by atoms with Crippen molar-refractivity contribution in [2.75, 3.05) is 6.61 Å². The quantitative estimate of drug-likeness (QED) is 0.455. The number of unbranched alkanes of at least 4 members (excludes halogenated alkanes) is 8. The van der Waals surface area contributed by atoms with Crippen molar-refractivity contribution in [2.24, 2.45) is 0 Å². The molecule has 0 radical (unpaired) electrons. The summed E-state index contributed by atoms with van der Waals surface area (Å²) in [5, 5.41) is 8.67. The van der Waals surface area contributed by atoms with Gasteiger partial charge in [-0.3, -0.25) is 0 Å². The third kappa shape index (κ3) is 7.83. The van der Waals surface area contributed by atoms with Gasteiger partial charge in [-0.1, -0.05) is 45.1 Å². The van der Waals surface area contributed by atoms with Gasteiger partial charge in [0.2, 0.25) is 6.33 Å². The van der Waals surface area contributed by atoms with Crippen LogP contribution in [0, 0.1) is 0 Å². The van der Waals surface area contributed by atoms with Crippen LogP contribution in [0.4, 0.5) is 0 Å². The molecule has 0 saturated heterocycles. The largest absolute Gasteiger partial charge is 0.396 e. The van der Waals surface area contributed by atoms with E-state index in [9.17, 15) is 0 Å². The van der Waals surface area contributed by atoms with E-state index in [-0.39, 0.29) is 0 Å². The Labute approximate surface area is 117 Å². The fourth-order valence-corrected chi connectivity index (χ4v) is 2.29. The minimum atomic E-state index is 0.352. The number of aliphatic hydroxyl groups excluding tert-OH is 1. The number of rotatable bonds is 12. The van der Waals surface area contributed by atoms with Gasteiger partial charge in [-0.25, -0.2) is 9.13 Å². The SMILES string of the molecule is C=Cn1cc[n+](CCCCCCCCCCCO)c1. The van der Waals surface area contributed by atoms with Gasteiger partial charge < -0.3 is 5.11 Å². The lowest BCUT2D eigenvalue weighted by molar-refractivity contribution is -0.696. The fourth-order valence-electron chi connectivity index (χ4n) is 2.29. The number of hydrogen-bond acceptors (Lipinski definition) is 1. The zero-order valence-electron chi connectivity index (χ0n) is 12.1. The smallest absolute Gasteiger partial charge is 0.248 e. The molecule has 0 spiro atoms. The van der Waals surface area contributed by atoms with E-state index in [0.29, 0.717) is 6.61 Å². The third-order valence-electron chi connectivity index (χ3n) is 3.50. The van der Waals surface area contributed by atoms with Crippen molar-refractivity contribution in [1.82, 2.24) is 4.57 Å². The van der Waals surface area contributed by atoms with Gasteiger partial charge in [-0.05, 0) is 19.3 Å². The van der Waals surface area contributed by atoms with Crippen LogP contribution in [0.2, 0.25) is 0 Å². The Kier molecular flexibility index (Phi) is 9.07. The molecule has 108 valence electrons. The predicted molar refractivity (Wildman–Crippen MR) is 79.7 cm³/mol. The summed E-state index contributed by atoms with van der Waals surface area (Å²) in [5.74, 6) is 0. The van der Waals surface area contributed by atoms with Crippen molar-refractivity contribution >= 4 is 6.20 Å². The van der Waals surface area contributed by atoms with Gasteiger partial charge in [0, 0.05) is 6.61 Å². The second-order valence-corrected chi connectivity index (χ2v) is 5.19. The number of aromatic nitrogens is 2. The molecule has 1 aromatic rings. The van der Waals surface area contributed by atoms with Crippen molar-refractivity contribution in [1.29, 1.82) is 0 Å². The second-order valence-electron chi connectivity index (χ2n) is 5.19. The zero-order valence-corrected chi connectivity index (χ0v) is 12.1. The molecule has 1 heterocycles. The molecule has 0 aliphatic rings. The molecule has 1 rings (SSSR count). The molecule has 0 saturated carbocycles. The van der Waals surface area contributed by atoms with Crippen LogP contribution < -0.4 is 4.57 Å². The van der Waals surface area contributed by atoms with Crippen LogP contribution >= 0.6 is 0 Å². The molecule has 0 atom stereocenters. The Hall–Kier alpha value is -1.09. The van der Waals surface area contributed by atoms with Crippen molar-refractivity contribution in [3.8, 4) is 0 Å². The van der Waals surface area contributed by atoms with E-state index in [0.717, 1.165) is 13.0 Å². The van der Waals surface area contributed by atoms with Gasteiger partial charge in [0.15, 0.2) is 0 Å². The first-order valence-corrected chi connectivity index (χ1v) is 7.67. The molecular weight excluding hydrogens is 236 g/mol. The van der Waals surface area contributed by atoms with E-state index in [1.165, 1.54) is 51.4 Å². The van der Waals surface area contributed by atoms with Crippen molar-refractivity contribution in [3.05, 3.63) is 25.3 Å². The molecule has 0 fully saturated rings. The molecule has 0 bridgehead atoms. The van der Waals surface area contributed by atoms with E-state index in [1.807, 2.05) is 17.0 Å².